The quantitative estimate of drug-likeness (QED) is 0.664. The summed E-state index contributed by atoms with van der Waals surface area (Å²) in [6.07, 6.45) is 2.30. The third-order valence-electron chi connectivity index (χ3n) is 4.38. The van der Waals surface area contributed by atoms with Crippen LogP contribution in [0.15, 0.2) is 24.8 Å². The van der Waals surface area contributed by atoms with E-state index >= 15 is 0 Å². The molecule has 3 aromatic heterocycles. The first-order valence-corrected chi connectivity index (χ1v) is 8.95. The lowest BCUT2D eigenvalue weighted by Gasteiger charge is -2.13. The van der Waals surface area contributed by atoms with E-state index in [1.807, 2.05) is 10.8 Å². The van der Waals surface area contributed by atoms with Gasteiger partial charge in [-0.1, -0.05) is 11.6 Å². The Kier molecular flexibility index (Phi) is 4.61. The number of imidazole rings is 1. The van der Waals surface area contributed by atoms with E-state index in [9.17, 15) is 13.2 Å². The van der Waals surface area contributed by atoms with Crippen LogP contribution in [-0.2, 0) is 12.7 Å². The van der Waals surface area contributed by atoms with Crippen molar-refractivity contribution < 1.29 is 13.2 Å². The number of anilines is 3. The molecule has 4 heterocycles. The van der Waals surface area contributed by atoms with Crippen LogP contribution in [0.25, 0.3) is 0 Å². The Hall–Kier alpha value is -2.82. The Bertz CT molecular complexity index is 996. The van der Waals surface area contributed by atoms with Crippen molar-refractivity contribution in [3.63, 3.8) is 0 Å². The number of rotatable bonds is 5. The number of halogens is 4. The minimum absolute atomic E-state index is 0.0154. The van der Waals surface area contributed by atoms with Gasteiger partial charge in [0.15, 0.2) is 5.15 Å². The van der Waals surface area contributed by atoms with Gasteiger partial charge in [0, 0.05) is 31.7 Å². The second-order valence-electron chi connectivity index (χ2n) is 6.21. The highest BCUT2D eigenvalue weighted by Gasteiger charge is 2.35. The van der Waals surface area contributed by atoms with Gasteiger partial charge in [-0.3, -0.25) is 4.68 Å². The van der Waals surface area contributed by atoms with Crippen molar-refractivity contribution in [3.8, 4) is 0 Å². The van der Waals surface area contributed by atoms with Crippen molar-refractivity contribution in [2.75, 3.05) is 17.2 Å². The molecular formula is C16H16ClF3N8. The van der Waals surface area contributed by atoms with Crippen LogP contribution in [0.5, 0.6) is 0 Å². The predicted molar refractivity (Wildman–Crippen MR) is 96.7 cm³/mol. The van der Waals surface area contributed by atoms with Crippen molar-refractivity contribution in [3.05, 3.63) is 41.3 Å². The number of aryl methyl sites for hydroxylation is 1. The highest BCUT2D eigenvalue weighted by atomic mass is 35.5. The molecule has 1 aliphatic heterocycles. The summed E-state index contributed by atoms with van der Waals surface area (Å²) in [7, 11) is 0. The highest BCUT2D eigenvalue weighted by molar-refractivity contribution is 6.32. The Morgan fingerprint density at radius 3 is 2.89 bits per heavy atom. The van der Waals surface area contributed by atoms with Gasteiger partial charge in [-0.15, -0.1) is 0 Å². The molecule has 148 valence electrons. The van der Waals surface area contributed by atoms with E-state index in [2.05, 4.69) is 30.7 Å². The van der Waals surface area contributed by atoms with Gasteiger partial charge in [0.2, 0.25) is 5.95 Å². The fraction of sp³-hybridized carbons (Fsp3) is 0.375. The molecule has 0 aliphatic carbocycles. The average Bonchev–Trinajstić information content (AvgIpc) is 3.31. The second-order valence-corrected chi connectivity index (χ2v) is 6.56. The molecule has 0 bridgehead atoms. The molecule has 0 saturated carbocycles. The molecule has 0 amide bonds. The van der Waals surface area contributed by atoms with Gasteiger partial charge in [0.05, 0.1) is 11.9 Å². The summed E-state index contributed by atoms with van der Waals surface area (Å²) in [5.74, 6) is 0.568. The fourth-order valence-electron chi connectivity index (χ4n) is 3.13. The lowest BCUT2D eigenvalue weighted by molar-refractivity contribution is -0.137. The Labute approximate surface area is 162 Å². The first-order chi connectivity index (χ1) is 13.4. The van der Waals surface area contributed by atoms with Crippen LogP contribution < -0.4 is 10.6 Å². The summed E-state index contributed by atoms with van der Waals surface area (Å²) in [5, 5.41) is 9.91. The van der Waals surface area contributed by atoms with Crippen LogP contribution in [0.3, 0.4) is 0 Å². The zero-order valence-electron chi connectivity index (χ0n) is 14.7. The molecule has 0 saturated heterocycles. The fourth-order valence-corrected chi connectivity index (χ4v) is 3.32. The van der Waals surface area contributed by atoms with Gasteiger partial charge in [0.25, 0.3) is 0 Å². The molecule has 1 atom stereocenters. The Balaban J connectivity index is 1.60. The highest BCUT2D eigenvalue weighted by Crippen LogP contribution is 2.35. The molecule has 0 radical (unpaired) electrons. The van der Waals surface area contributed by atoms with Gasteiger partial charge in [-0.25, -0.2) is 9.97 Å². The molecule has 0 spiro atoms. The maximum absolute atomic E-state index is 13.1. The number of alkyl halides is 3. The van der Waals surface area contributed by atoms with Crippen molar-refractivity contribution in [2.45, 2.75) is 32.1 Å². The summed E-state index contributed by atoms with van der Waals surface area (Å²) in [6, 6.07) is -0.0612. The Morgan fingerprint density at radius 2 is 2.14 bits per heavy atom. The summed E-state index contributed by atoms with van der Waals surface area (Å²) in [6.45, 7) is 2.79. The lowest BCUT2D eigenvalue weighted by Crippen LogP contribution is -2.14. The normalized spacial score (nSPS) is 16.2. The molecule has 3 aromatic rings. The predicted octanol–water partition coefficient (Wildman–Crippen LogP) is 3.71. The third kappa shape index (κ3) is 3.37. The summed E-state index contributed by atoms with van der Waals surface area (Å²) in [5.41, 5.74) is -0.534. The second kappa shape index (κ2) is 6.97. The number of hydrogen-bond acceptors (Lipinski definition) is 6. The minimum Gasteiger partial charge on any atom is -0.370 e. The monoisotopic (exact) mass is 412 g/mol. The van der Waals surface area contributed by atoms with Crippen molar-refractivity contribution in [1.29, 1.82) is 0 Å². The maximum Gasteiger partial charge on any atom is 0.421 e. The first kappa shape index (κ1) is 18.5. The van der Waals surface area contributed by atoms with Crippen molar-refractivity contribution in [2.24, 2.45) is 0 Å². The number of aromatic nitrogens is 6. The lowest BCUT2D eigenvalue weighted by atomic mass is 10.2. The van der Waals surface area contributed by atoms with Crippen molar-refractivity contribution in [1.82, 2.24) is 29.3 Å². The molecule has 0 unspecified atom stereocenters. The Morgan fingerprint density at radius 1 is 1.32 bits per heavy atom. The van der Waals surface area contributed by atoms with E-state index in [1.165, 1.54) is 0 Å². The summed E-state index contributed by atoms with van der Waals surface area (Å²) < 4.78 is 43.0. The molecule has 4 rings (SSSR count). The van der Waals surface area contributed by atoms with E-state index in [0.717, 1.165) is 25.0 Å². The molecule has 2 N–H and O–H groups in total. The summed E-state index contributed by atoms with van der Waals surface area (Å²) in [4.78, 5) is 12.0. The van der Waals surface area contributed by atoms with Crippen LogP contribution in [0, 0.1) is 0 Å². The van der Waals surface area contributed by atoms with Crippen LogP contribution in [0.1, 0.15) is 30.8 Å². The van der Waals surface area contributed by atoms with Gasteiger partial charge in [0.1, 0.15) is 23.2 Å². The topological polar surface area (TPSA) is 85.5 Å². The van der Waals surface area contributed by atoms with Gasteiger partial charge in [-0.05, 0) is 13.3 Å². The van der Waals surface area contributed by atoms with Crippen molar-refractivity contribution >= 4 is 29.1 Å². The molecule has 12 heteroatoms. The standard InChI is InChI=1S/C16H16ClF3N8/c1-2-21-13-9(16(18,19)20)7-23-15(25-13)24-10-8-28(26-12(10)17)11-3-5-27-6-4-22-14(11)27/h4,6-8,11H,2-3,5H2,1H3,(H2,21,23,24,25)/t11-/m1/s1. The number of nitrogens with zero attached hydrogens (tertiary/aromatic N) is 6. The van der Waals surface area contributed by atoms with Gasteiger partial charge >= 0.3 is 6.18 Å². The van der Waals surface area contributed by atoms with E-state index in [-0.39, 0.29) is 29.5 Å². The zero-order valence-corrected chi connectivity index (χ0v) is 15.5. The van der Waals surface area contributed by atoms with Crippen LogP contribution in [0.2, 0.25) is 5.15 Å². The zero-order chi connectivity index (χ0) is 19.9. The third-order valence-corrected chi connectivity index (χ3v) is 4.66. The van der Waals surface area contributed by atoms with Gasteiger partial charge < -0.3 is 15.2 Å². The number of nitrogens with one attached hydrogen (secondary N) is 2. The number of hydrogen-bond donors (Lipinski definition) is 2. The molecule has 8 nitrogen and oxygen atoms in total. The van der Waals surface area contributed by atoms with Crippen LogP contribution in [-0.4, -0.2) is 35.8 Å². The van der Waals surface area contributed by atoms with Gasteiger partial charge in [-0.2, -0.15) is 23.3 Å². The summed E-state index contributed by atoms with van der Waals surface area (Å²) >= 11 is 6.21. The minimum atomic E-state index is -4.55. The average molecular weight is 413 g/mol. The molecule has 0 fully saturated rings. The van der Waals surface area contributed by atoms with Crippen LogP contribution >= 0.6 is 11.6 Å². The van der Waals surface area contributed by atoms with E-state index < -0.39 is 11.7 Å². The molecule has 28 heavy (non-hydrogen) atoms. The SMILES string of the molecule is CCNc1nc(Nc2cn([C@@H]3CCn4ccnc43)nc2Cl)ncc1C(F)(F)F. The van der Waals surface area contributed by atoms with E-state index in [4.69, 9.17) is 11.6 Å². The van der Waals surface area contributed by atoms with Crippen LogP contribution in [0.4, 0.5) is 30.6 Å². The smallest absolute Gasteiger partial charge is 0.370 e. The first-order valence-electron chi connectivity index (χ1n) is 8.57. The maximum atomic E-state index is 13.1. The molecular weight excluding hydrogens is 397 g/mol. The largest absolute Gasteiger partial charge is 0.421 e. The molecule has 1 aliphatic rings. The molecule has 0 aromatic carbocycles. The van der Waals surface area contributed by atoms with E-state index in [1.54, 1.807) is 24.0 Å². The van der Waals surface area contributed by atoms with E-state index in [0.29, 0.717) is 5.69 Å². The number of fused-ring (bicyclic) bond motifs is 1.